The van der Waals surface area contributed by atoms with E-state index in [9.17, 15) is 14.9 Å². The lowest BCUT2D eigenvalue weighted by molar-refractivity contribution is -0.384. The Hall–Kier alpha value is -2.24. The standard InChI is InChI=1S/C18H21N5O4S2/c24-16(22-7-1-3-12-9-13(23(25)26)5-6-15(12)22)11-28-18-21-20-17(29-18)19-10-14-4-2-8-27-14/h5-6,9,14H,1-4,7-8,10-11H2,(H,19,20). The summed E-state index contributed by atoms with van der Waals surface area (Å²) in [5, 5.41) is 23.2. The van der Waals surface area contributed by atoms with Crippen molar-refractivity contribution in [3.63, 3.8) is 0 Å². The summed E-state index contributed by atoms with van der Waals surface area (Å²) in [6.07, 6.45) is 3.91. The van der Waals surface area contributed by atoms with Gasteiger partial charge in [-0.25, -0.2) is 0 Å². The predicted molar refractivity (Wildman–Crippen MR) is 112 cm³/mol. The Bertz CT molecular complexity index is 900. The lowest BCUT2D eigenvalue weighted by Crippen LogP contribution is -2.36. The van der Waals surface area contributed by atoms with E-state index in [1.54, 1.807) is 17.0 Å². The fourth-order valence-corrected chi connectivity index (χ4v) is 5.14. The van der Waals surface area contributed by atoms with E-state index >= 15 is 0 Å². The van der Waals surface area contributed by atoms with E-state index in [0.717, 1.165) is 59.6 Å². The number of hydrogen-bond acceptors (Lipinski definition) is 9. The normalized spacial score (nSPS) is 18.5. The molecular formula is C18H21N5O4S2. The number of ether oxygens (including phenoxy) is 1. The van der Waals surface area contributed by atoms with Crippen LogP contribution in [-0.2, 0) is 16.0 Å². The number of non-ortho nitro benzene ring substituents is 1. The first-order valence-electron chi connectivity index (χ1n) is 9.49. The van der Waals surface area contributed by atoms with Crippen molar-refractivity contribution in [2.24, 2.45) is 0 Å². The van der Waals surface area contributed by atoms with Gasteiger partial charge in [0.2, 0.25) is 11.0 Å². The highest BCUT2D eigenvalue weighted by Crippen LogP contribution is 2.32. The van der Waals surface area contributed by atoms with Gasteiger partial charge in [0.05, 0.1) is 16.8 Å². The van der Waals surface area contributed by atoms with Gasteiger partial charge in [-0.3, -0.25) is 14.9 Å². The van der Waals surface area contributed by atoms with Crippen LogP contribution < -0.4 is 10.2 Å². The molecule has 11 heteroatoms. The molecular weight excluding hydrogens is 414 g/mol. The highest BCUT2D eigenvalue weighted by atomic mass is 32.2. The fraction of sp³-hybridized carbons (Fsp3) is 0.500. The molecule has 2 aromatic rings. The van der Waals surface area contributed by atoms with Gasteiger partial charge >= 0.3 is 0 Å². The molecule has 0 bridgehead atoms. The van der Waals surface area contributed by atoms with Crippen molar-refractivity contribution in [1.82, 2.24) is 10.2 Å². The van der Waals surface area contributed by atoms with E-state index in [1.165, 1.54) is 29.2 Å². The summed E-state index contributed by atoms with van der Waals surface area (Å²) >= 11 is 2.78. The first-order chi connectivity index (χ1) is 14.1. The lowest BCUT2D eigenvalue weighted by Gasteiger charge is -2.29. The SMILES string of the molecule is O=C(CSc1nnc(NCC2CCCO2)s1)N1CCCc2cc([N+](=O)[O-])ccc21. The van der Waals surface area contributed by atoms with Gasteiger partial charge in [-0.2, -0.15) is 0 Å². The molecule has 2 aliphatic heterocycles. The van der Waals surface area contributed by atoms with E-state index in [-0.39, 0.29) is 23.5 Å². The molecule has 1 aromatic carbocycles. The van der Waals surface area contributed by atoms with Crippen LogP contribution in [0.15, 0.2) is 22.5 Å². The van der Waals surface area contributed by atoms with Gasteiger partial charge in [0, 0.05) is 37.5 Å². The topological polar surface area (TPSA) is 110 Å². The highest BCUT2D eigenvalue weighted by molar-refractivity contribution is 8.01. The molecule has 0 aliphatic carbocycles. The zero-order valence-corrected chi connectivity index (χ0v) is 17.3. The Morgan fingerprint density at radius 3 is 3.10 bits per heavy atom. The lowest BCUT2D eigenvalue weighted by atomic mass is 10.0. The number of nitro benzene ring substituents is 1. The molecule has 4 rings (SSSR count). The summed E-state index contributed by atoms with van der Waals surface area (Å²) in [6, 6.07) is 4.69. The molecule has 1 N–H and O–H groups in total. The molecule has 1 amide bonds. The number of carbonyl (C=O) groups is 1. The van der Waals surface area contributed by atoms with Gasteiger partial charge in [0.15, 0.2) is 4.34 Å². The third-order valence-corrected chi connectivity index (χ3v) is 6.92. The minimum Gasteiger partial charge on any atom is -0.376 e. The second-order valence-electron chi connectivity index (χ2n) is 6.90. The molecule has 1 unspecified atom stereocenters. The van der Waals surface area contributed by atoms with Crippen molar-refractivity contribution in [3.05, 3.63) is 33.9 Å². The van der Waals surface area contributed by atoms with Gasteiger partial charge in [0.25, 0.3) is 5.69 Å². The van der Waals surface area contributed by atoms with Gasteiger partial charge in [0.1, 0.15) is 0 Å². The average molecular weight is 436 g/mol. The largest absolute Gasteiger partial charge is 0.376 e. The fourth-order valence-electron chi connectivity index (χ4n) is 3.50. The minimum atomic E-state index is -0.406. The summed E-state index contributed by atoms with van der Waals surface area (Å²) in [4.78, 5) is 25.0. The maximum atomic E-state index is 12.8. The number of amides is 1. The number of carbonyl (C=O) groups excluding carboxylic acids is 1. The molecule has 9 nitrogen and oxygen atoms in total. The van der Waals surface area contributed by atoms with Crippen molar-refractivity contribution in [1.29, 1.82) is 0 Å². The number of fused-ring (bicyclic) bond motifs is 1. The number of aromatic nitrogens is 2. The minimum absolute atomic E-state index is 0.0335. The quantitative estimate of drug-likeness (QED) is 0.401. The van der Waals surface area contributed by atoms with E-state index in [0.29, 0.717) is 6.54 Å². The number of anilines is 2. The third-order valence-electron chi connectivity index (χ3n) is 4.92. The molecule has 1 saturated heterocycles. The van der Waals surface area contributed by atoms with Crippen LogP contribution in [-0.4, -0.2) is 52.6 Å². The second kappa shape index (κ2) is 9.06. The first kappa shape index (κ1) is 20.0. The Kier molecular flexibility index (Phi) is 6.26. The van der Waals surface area contributed by atoms with Crippen LogP contribution in [0.2, 0.25) is 0 Å². The van der Waals surface area contributed by atoms with Crippen LogP contribution in [0.1, 0.15) is 24.8 Å². The monoisotopic (exact) mass is 435 g/mol. The summed E-state index contributed by atoms with van der Waals surface area (Å²) in [7, 11) is 0. The maximum absolute atomic E-state index is 12.8. The second-order valence-corrected chi connectivity index (χ2v) is 9.10. The summed E-state index contributed by atoms with van der Waals surface area (Å²) in [5.41, 5.74) is 1.67. The number of benzene rings is 1. The Labute approximate surface area is 176 Å². The molecule has 0 radical (unpaired) electrons. The maximum Gasteiger partial charge on any atom is 0.269 e. The number of rotatable bonds is 7. The molecule has 1 aromatic heterocycles. The number of nitrogens with one attached hydrogen (secondary N) is 1. The predicted octanol–water partition coefficient (Wildman–Crippen LogP) is 3.11. The van der Waals surface area contributed by atoms with Gasteiger partial charge in [-0.1, -0.05) is 23.1 Å². The Morgan fingerprint density at radius 1 is 1.41 bits per heavy atom. The molecule has 1 atom stereocenters. The van der Waals surface area contributed by atoms with E-state index in [2.05, 4.69) is 15.5 Å². The van der Waals surface area contributed by atoms with Crippen molar-refractivity contribution >= 4 is 45.5 Å². The van der Waals surface area contributed by atoms with E-state index < -0.39 is 4.92 Å². The number of aryl methyl sites for hydroxylation is 1. The average Bonchev–Trinajstić information content (AvgIpc) is 3.41. The number of nitro groups is 1. The Morgan fingerprint density at radius 2 is 2.31 bits per heavy atom. The van der Waals surface area contributed by atoms with Crippen LogP contribution in [0.3, 0.4) is 0 Å². The summed E-state index contributed by atoms with van der Waals surface area (Å²) in [5.74, 6) is 0.213. The van der Waals surface area contributed by atoms with Crippen LogP contribution >= 0.6 is 23.1 Å². The molecule has 154 valence electrons. The smallest absolute Gasteiger partial charge is 0.269 e. The molecule has 3 heterocycles. The van der Waals surface area contributed by atoms with Crippen LogP contribution in [0.5, 0.6) is 0 Å². The van der Waals surface area contributed by atoms with Crippen LogP contribution in [0.4, 0.5) is 16.5 Å². The van der Waals surface area contributed by atoms with Crippen molar-refractivity contribution in [3.8, 4) is 0 Å². The van der Waals surface area contributed by atoms with Gasteiger partial charge < -0.3 is 15.0 Å². The zero-order chi connectivity index (χ0) is 20.2. The molecule has 0 saturated carbocycles. The number of thioether (sulfide) groups is 1. The summed E-state index contributed by atoms with van der Waals surface area (Å²) in [6.45, 7) is 2.15. The van der Waals surface area contributed by atoms with Crippen molar-refractivity contribution in [2.75, 3.05) is 35.7 Å². The number of nitrogens with zero attached hydrogens (tertiary/aromatic N) is 4. The molecule has 1 fully saturated rings. The van der Waals surface area contributed by atoms with Crippen molar-refractivity contribution < 1.29 is 14.5 Å². The van der Waals surface area contributed by atoms with Crippen LogP contribution in [0.25, 0.3) is 0 Å². The van der Waals surface area contributed by atoms with Crippen LogP contribution in [0, 0.1) is 10.1 Å². The van der Waals surface area contributed by atoms with Crippen molar-refractivity contribution in [2.45, 2.75) is 36.1 Å². The summed E-state index contributed by atoms with van der Waals surface area (Å²) < 4.78 is 6.31. The molecule has 29 heavy (non-hydrogen) atoms. The zero-order valence-electron chi connectivity index (χ0n) is 15.7. The first-order valence-corrected chi connectivity index (χ1v) is 11.3. The third kappa shape index (κ3) is 4.85. The highest BCUT2D eigenvalue weighted by Gasteiger charge is 2.25. The Balaban J connectivity index is 1.33. The molecule has 2 aliphatic rings. The van der Waals surface area contributed by atoms with Gasteiger partial charge in [-0.05, 0) is 37.3 Å². The van der Waals surface area contributed by atoms with E-state index in [4.69, 9.17) is 4.74 Å². The number of hydrogen-bond donors (Lipinski definition) is 1. The molecule has 0 spiro atoms. The van der Waals surface area contributed by atoms with E-state index in [1.807, 2.05) is 0 Å². The van der Waals surface area contributed by atoms with Gasteiger partial charge in [-0.15, -0.1) is 10.2 Å².